The smallest absolute Gasteiger partial charge is 0.333 e. The zero-order valence-corrected chi connectivity index (χ0v) is 27.6. The van der Waals surface area contributed by atoms with Crippen LogP contribution in [0.25, 0.3) is 0 Å². The van der Waals surface area contributed by atoms with Crippen LogP contribution in [-0.4, -0.2) is 54.7 Å². The van der Waals surface area contributed by atoms with Gasteiger partial charge in [0.05, 0.1) is 6.61 Å². The van der Waals surface area contributed by atoms with E-state index in [-0.39, 0.29) is 32.0 Å². The molecule has 2 unspecified atom stereocenters. The molecule has 0 aliphatic carbocycles. The highest BCUT2D eigenvalue weighted by Gasteiger charge is 2.23. The van der Waals surface area contributed by atoms with Gasteiger partial charge < -0.3 is 24.1 Å². The third-order valence-corrected chi connectivity index (χ3v) is 7.77. The molecule has 0 saturated heterocycles. The van der Waals surface area contributed by atoms with Gasteiger partial charge in [-0.3, -0.25) is 9.59 Å². The SMILES string of the molecule is CCCCCCCCCCCCCC(=O)OCC(COC(CC=O)C(=O)O)OC(=O)CCCCCCCCCCCCC. The molecule has 0 amide bonds. The first kappa shape index (κ1) is 41.0. The Bertz CT molecular complexity index is 681. The lowest BCUT2D eigenvalue weighted by molar-refractivity contribution is -0.168. The van der Waals surface area contributed by atoms with Crippen molar-refractivity contribution in [1.82, 2.24) is 0 Å². The molecule has 0 aromatic carbocycles. The molecule has 0 saturated carbocycles. The van der Waals surface area contributed by atoms with Gasteiger partial charge in [0.1, 0.15) is 12.9 Å². The van der Waals surface area contributed by atoms with Crippen molar-refractivity contribution >= 4 is 24.2 Å². The number of hydrogen-bond donors (Lipinski definition) is 1. The molecule has 1 N–H and O–H groups in total. The van der Waals surface area contributed by atoms with E-state index in [0.29, 0.717) is 19.1 Å². The molecule has 8 heteroatoms. The summed E-state index contributed by atoms with van der Waals surface area (Å²) in [6.07, 6.45) is 24.5. The van der Waals surface area contributed by atoms with E-state index in [1.807, 2.05) is 0 Å². The zero-order valence-electron chi connectivity index (χ0n) is 27.6. The summed E-state index contributed by atoms with van der Waals surface area (Å²) in [5.74, 6) is -2.06. The predicted molar refractivity (Wildman–Crippen MR) is 171 cm³/mol. The Hall–Kier alpha value is -1.96. The van der Waals surface area contributed by atoms with Gasteiger partial charge in [0.25, 0.3) is 0 Å². The van der Waals surface area contributed by atoms with E-state index in [1.165, 1.54) is 103 Å². The fourth-order valence-corrected chi connectivity index (χ4v) is 5.04. The van der Waals surface area contributed by atoms with Crippen LogP contribution in [0.1, 0.15) is 174 Å². The maximum Gasteiger partial charge on any atom is 0.333 e. The van der Waals surface area contributed by atoms with E-state index in [2.05, 4.69) is 13.8 Å². The molecule has 0 fully saturated rings. The number of aliphatic carboxylic acids is 1. The molecule has 0 aliphatic rings. The standard InChI is InChI=1S/C35H64O8/c1-3-5-7-9-11-13-15-17-19-21-23-25-33(37)42-30-31(29-41-32(27-28-36)35(39)40)43-34(38)26-24-22-20-18-16-14-12-10-8-6-4-2/h28,31-32H,3-27,29-30H2,1-2H3,(H,39,40). The van der Waals surface area contributed by atoms with E-state index in [1.54, 1.807) is 0 Å². The van der Waals surface area contributed by atoms with Crippen LogP contribution < -0.4 is 0 Å². The summed E-state index contributed by atoms with van der Waals surface area (Å²) in [5, 5.41) is 9.24. The van der Waals surface area contributed by atoms with Gasteiger partial charge >= 0.3 is 17.9 Å². The third-order valence-electron chi connectivity index (χ3n) is 7.77. The number of aldehydes is 1. The van der Waals surface area contributed by atoms with Crippen LogP contribution in [0.4, 0.5) is 0 Å². The number of carbonyl (C=O) groups is 4. The Morgan fingerprint density at radius 1 is 0.581 bits per heavy atom. The first-order chi connectivity index (χ1) is 20.9. The van der Waals surface area contributed by atoms with Crippen molar-refractivity contribution in [2.75, 3.05) is 13.2 Å². The molecule has 252 valence electrons. The number of esters is 2. The van der Waals surface area contributed by atoms with Crippen LogP contribution in [0.2, 0.25) is 0 Å². The summed E-state index contributed by atoms with van der Waals surface area (Å²) in [5.41, 5.74) is 0. The van der Waals surface area contributed by atoms with E-state index >= 15 is 0 Å². The Morgan fingerprint density at radius 3 is 1.37 bits per heavy atom. The number of carbonyl (C=O) groups excluding carboxylic acids is 3. The van der Waals surface area contributed by atoms with Crippen LogP contribution >= 0.6 is 0 Å². The normalized spacial score (nSPS) is 12.5. The molecule has 0 aromatic rings. The maximum absolute atomic E-state index is 12.5. The fraction of sp³-hybridized carbons (Fsp3) is 0.886. The molecule has 0 aromatic heterocycles. The quantitative estimate of drug-likeness (QED) is 0.0444. The first-order valence-corrected chi connectivity index (χ1v) is 17.6. The highest BCUT2D eigenvalue weighted by atomic mass is 16.6. The predicted octanol–water partition coefficient (Wildman–Crippen LogP) is 8.90. The lowest BCUT2D eigenvalue weighted by Crippen LogP contribution is -2.34. The number of carboxylic acid groups (broad SMARTS) is 1. The second-order valence-electron chi connectivity index (χ2n) is 11.9. The topological polar surface area (TPSA) is 116 Å². The lowest BCUT2D eigenvalue weighted by atomic mass is 10.1. The van der Waals surface area contributed by atoms with Gasteiger partial charge in [0, 0.05) is 19.3 Å². The van der Waals surface area contributed by atoms with E-state index in [9.17, 15) is 24.3 Å². The summed E-state index contributed by atoms with van der Waals surface area (Å²) in [4.78, 5) is 46.9. The molecule has 0 radical (unpaired) electrons. The molecule has 0 aliphatic heterocycles. The molecular weight excluding hydrogens is 548 g/mol. The van der Waals surface area contributed by atoms with Crippen molar-refractivity contribution in [3.05, 3.63) is 0 Å². The minimum absolute atomic E-state index is 0.200. The van der Waals surface area contributed by atoms with Crippen molar-refractivity contribution in [1.29, 1.82) is 0 Å². The van der Waals surface area contributed by atoms with Gasteiger partial charge in [-0.05, 0) is 12.8 Å². The van der Waals surface area contributed by atoms with Crippen LogP contribution in [0, 0.1) is 0 Å². The summed E-state index contributed by atoms with van der Waals surface area (Å²) in [6, 6.07) is 0. The monoisotopic (exact) mass is 612 g/mol. The van der Waals surface area contributed by atoms with E-state index < -0.39 is 24.1 Å². The second-order valence-corrected chi connectivity index (χ2v) is 11.9. The van der Waals surface area contributed by atoms with Crippen molar-refractivity contribution in [2.45, 2.75) is 187 Å². The Labute approximate surface area is 262 Å². The number of carboxylic acids is 1. The average molecular weight is 613 g/mol. The Balaban J connectivity index is 4.27. The van der Waals surface area contributed by atoms with Crippen molar-refractivity contribution in [2.24, 2.45) is 0 Å². The highest BCUT2D eigenvalue weighted by Crippen LogP contribution is 2.14. The minimum Gasteiger partial charge on any atom is -0.479 e. The highest BCUT2D eigenvalue weighted by molar-refractivity contribution is 5.75. The maximum atomic E-state index is 12.5. The molecule has 2 atom stereocenters. The average Bonchev–Trinajstić information content (AvgIpc) is 2.99. The zero-order chi connectivity index (χ0) is 31.8. The van der Waals surface area contributed by atoms with Gasteiger partial charge in [0.2, 0.25) is 0 Å². The second kappa shape index (κ2) is 31.5. The summed E-state index contributed by atoms with van der Waals surface area (Å²) in [6.45, 7) is 3.99. The number of unbranched alkanes of at least 4 members (excludes halogenated alkanes) is 20. The van der Waals surface area contributed by atoms with Crippen LogP contribution in [0.3, 0.4) is 0 Å². The molecular formula is C35H64O8. The fourth-order valence-electron chi connectivity index (χ4n) is 5.04. The van der Waals surface area contributed by atoms with Gasteiger partial charge in [-0.15, -0.1) is 0 Å². The molecule has 43 heavy (non-hydrogen) atoms. The largest absolute Gasteiger partial charge is 0.479 e. The van der Waals surface area contributed by atoms with Crippen molar-refractivity contribution in [3.63, 3.8) is 0 Å². The van der Waals surface area contributed by atoms with Gasteiger partial charge in [0.15, 0.2) is 12.2 Å². The number of ether oxygens (including phenoxy) is 3. The van der Waals surface area contributed by atoms with Crippen LogP contribution in [-0.2, 0) is 33.4 Å². The van der Waals surface area contributed by atoms with Crippen LogP contribution in [0.15, 0.2) is 0 Å². The molecule has 0 bridgehead atoms. The summed E-state index contributed by atoms with van der Waals surface area (Å²) >= 11 is 0. The Morgan fingerprint density at radius 2 is 0.977 bits per heavy atom. The summed E-state index contributed by atoms with van der Waals surface area (Å²) in [7, 11) is 0. The van der Waals surface area contributed by atoms with Crippen molar-refractivity contribution < 1.29 is 38.5 Å². The molecule has 8 nitrogen and oxygen atoms in total. The first-order valence-electron chi connectivity index (χ1n) is 17.6. The van der Waals surface area contributed by atoms with Gasteiger partial charge in [-0.25, -0.2) is 4.79 Å². The van der Waals surface area contributed by atoms with Crippen molar-refractivity contribution in [3.8, 4) is 0 Å². The Kier molecular flexibility index (Phi) is 30.0. The third kappa shape index (κ3) is 28.6. The summed E-state index contributed by atoms with van der Waals surface area (Å²) < 4.78 is 16.2. The van der Waals surface area contributed by atoms with E-state index in [4.69, 9.17) is 14.2 Å². The molecule has 0 rings (SSSR count). The number of hydrogen-bond acceptors (Lipinski definition) is 7. The van der Waals surface area contributed by atoms with Gasteiger partial charge in [-0.2, -0.15) is 0 Å². The van der Waals surface area contributed by atoms with Gasteiger partial charge in [-0.1, -0.05) is 142 Å². The van der Waals surface area contributed by atoms with E-state index in [0.717, 1.165) is 32.1 Å². The van der Waals surface area contributed by atoms with Crippen LogP contribution in [0.5, 0.6) is 0 Å². The number of rotatable bonds is 33. The lowest BCUT2D eigenvalue weighted by Gasteiger charge is -2.20. The minimum atomic E-state index is -1.34. The molecule has 0 spiro atoms. The molecule has 0 heterocycles.